The molecule has 26 heavy (non-hydrogen) atoms. The molecule has 0 spiro atoms. The highest BCUT2D eigenvalue weighted by molar-refractivity contribution is 6.01. The van der Waals surface area contributed by atoms with Gasteiger partial charge in [0, 0.05) is 11.9 Å². The number of furan rings is 1. The lowest BCUT2D eigenvalue weighted by Crippen LogP contribution is -2.42. The van der Waals surface area contributed by atoms with Crippen LogP contribution < -0.4 is 5.56 Å². The van der Waals surface area contributed by atoms with Gasteiger partial charge in [-0.2, -0.15) is 13.2 Å². The summed E-state index contributed by atoms with van der Waals surface area (Å²) >= 11 is 0. The van der Waals surface area contributed by atoms with E-state index in [1.54, 1.807) is 24.3 Å². The molecule has 0 saturated carbocycles. The van der Waals surface area contributed by atoms with Crippen LogP contribution in [0.3, 0.4) is 0 Å². The zero-order valence-corrected chi connectivity index (χ0v) is 13.5. The first-order valence-electron chi connectivity index (χ1n) is 7.62. The van der Waals surface area contributed by atoms with Crippen molar-refractivity contribution in [3.63, 3.8) is 0 Å². The molecule has 0 atom stereocenters. The molecule has 0 radical (unpaired) electrons. The number of hydrogen-bond acceptors (Lipinski definition) is 4. The van der Waals surface area contributed by atoms with Gasteiger partial charge in [-0.15, -0.1) is 6.58 Å². The van der Waals surface area contributed by atoms with Crippen LogP contribution in [0.1, 0.15) is 0 Å². The summed E-state index contributed by atoms with van der Waals surface area (Å²) in [5, 5.41) is 0.642. The Kier molecular flexibility index (Phi) is 4.54. The molecule has 1 aromatic carbocycles. The quantitative estimate of drug-likeness (QED) is 0.652. The van der Waals surface area contributed by atoms with Crippen LogP contribution in [-0.2, 0) is 11.3 Å². The predicted molar refractivity (Wildman–Crippen MR) is 88.6 cm³/mol. The second-order valence-electron chi connectivity index (χ2n) is 5.63. The van der Waals surface area contributed by atoms with Gasteiger partial charge in [-0.25, -0.2) is 4.98 Å². The van der Waals surface area contributed by atoms with E-state index in [1.165, 1.54) is 6.08 Å². The van der Waals surface area contributed by atoms with E-state index in [2.05, 4.69) is 11.6 Å². The first-order valence-corrected chi connectivity index (χ1v) is 7.62. The molecule has 0 saturated heterocycles. The van der Waals surface area contributed by atoms with Crippen molar-refractivity contribution in [2.75, 3.05) is 13.1 Å². The fourth-order valence-corrected chi connectivity index (χ4v) is 2.60. The molecule has 0 aliphatic rings. The van der Waals surface area contributed by atoms with Crippen LogP contribution in [-0.4, -0.2) is 39.6 Å². The monoisotopic (exact) mass is 365 g/mol. The normalized spacial score (nSPS) is 11.8. The molecular formula is C17H14F3N3O3. The number of carbonyl (C=O) groups is 1. The summed E-state index contributed by atoms with van der Waals surface area (Å²) in [4.78, 5) is 29.4. The van der Waals surface area contributed by atoms with E-state index in [0.29, 0.717) is 21.4 Å². The minimum absolute atomic E-state index is 0.0485. The number of aromatic nitrogens is 2. The molecule has 3 rings (SSSR count). The highest BCUT2D eigenvalue weighted by Gasteiger charge is 2.32. The SMILES string of the molecule is C=CCN(CC(F)(F)F)C(=O)Cn1cnc2c(oc3ccccc32)c1=O. The van der Waals surface area contributed by atoms with Crippen LogP contribution in [0.5, 0.6) is 0 Å². The van der Waals surface area contributed by atoms with Crippen molar-refractivity contribution in [2.24, 2.45) is 0 Å². The molecule has 0 fully saturated rings. The van der Waals surface area contributed by atoms with E-state index in [0.717, 1.165) is 10.9 Å². The lowest BCUT2D eigenvalue weighted by molar-refractivity contribution is -0.160. The van der Waals surface area contributed by atoms with E-state index in [-0.39, 0.29) is 12.1 Å². The number of para-hydroxylation sites is 1. The first-order chi connectivity index (χ1) is 12.3. The zero-order chi connectivity index (χ0) is 18.9. The highest BCUT2D eigenvalue weighted by atomic mass is 19.4. The molecule has 3 aromatic rings. The molecule has 0 aliphatic carbocycles. The topological polar surface area (TPSA) is 68.3 Å². The summed E-state index contributed by atoms with van der Waals surface area (Å²) in [5.41, 5.74) is 0.117. The van der Waals surface area contributed by atoms with Gasteiger partial charge in [0.15, 0.2) is 0 Å². The smallest absolute Gasteiger partial charge is 0.406 e. The largest absolute Gasteiger partial charge is 0.448 e. The van der Waals surface area contributed by atoms with Crippen molar-refractivity contribution >= 4 is 28.0 Å². The number of rotatable bonds is 5. The molecule has 0 unspecified atom stereocenters. The van der Waals surface area contributed by atoms with Gasteiger partial charge in [0.05, 0.1) is 6.33 Å². The summed E-state index contributed by atoms with van der Waals surface area (Å²) in [5.74, 6) is -0.874. The third-order valence-corrected chi connectivity index (χ3v) is 3.73. The Morgan fingerprint density at radius 3 is 2.77 bits per heavy atom. The van der Waals surface area contributed by atoms with Crippen LogP contribution in [0.4, 0.5) is 13.2 Å². The highest BCUT2D eigenvalue weighted by Crippen LogP contribution is 2.24. The third-order valence-electron chi connectivity index (χ3n) is 3.73. The molecular weight excluding hydrogens is 351 g/mol. The Morgan fingerprint density at radius 1 is 1.35 bits per heavy atom. The molecule has 0 N–H and O–H groups in total. The maximum atomic E-state index is 12.6. The first kappa shape index (κ1) is 17.7. The molecule has 136 valence electrons. The number of alkyl halides is 3. The van der Waals surface area contributed by atoms with Crippen molar-refractivity contribution in [3.8, 4) is 0 Å². The van der Waals surface area contributed by atoms with Gasteiger partial charge in [0.2, 0.25) is 11.5 Å². The number of nitrogens with zero attached hydrogens (tertiary/aromatic N) is 3. The maximum Gasteiger partial charge on any atom is 0.406 e. The van der Waals surface area contributed by atoms with Gasteiger partial charge in [-0.1, -0.05) is 18.2 Å². The predicted octanol–water partition coefficient (Wildman–Crippen LogP) is 2.72. The van der Waals surface area contributed by atoms with Crippen molar-refractivity contribution in [1.82, 2.24) is 14.5 Å². The standard InChI is InChI=1S/C17H14F3N3O3/c1-2-7-22(9-17(18,19)20)13(24)8-23-10-21-14-11-5-3-4-6-12(11)26-15(14)16(23)25/h2-6,10H,1,7-9H2. The van der Waals surface area contributed by atoms with E-state index >= 15 is 0 Å². The number of halogens is 3. The van der Waals surface area contributed by atoms with E-state index in [9.17, 15) is 22.8 Å². The van der Waals surface area contributed by atoms with Crippen molar-refractivity contribution in [2.45, 2.75) is 12.7 Å². The van der Waals surface area contributed by atoms with Crippen molar-refractivity contribution < 1.29 is 22.4 Å². The summed E-state index contributed by atoms with van der Waals surface area (Å²) in [7, 11) is 0. The number of benzene rings is 1. The molecule has 0 bridgehead atoms. The van der Waals surface area contributed by atoms with E-state index in [1.807, 2.05) is 0 Å². The number of fused-ring (bicyclic) bond motifs is 3. The van der Waals surface area contributed by atoms with Crippen molar-refractivity contribution in [3.05, 3.63) is 53.6 Å². The van der Waals surface area contributed by atoms with Gasteiger partial charge in [-0.3, -0.25) is 14.2 Å². The van der Waals surface area contributed by atoms with Gasteiger partial charge in [-0.05, 0) is 12.1 Å². The minimum Gasteiger partial charge on any atom is -0.448 e. The molecule has 0 aliphatic heterocycles. The fourth-order valence-electron chi connectivity index (χ4n) is 2.60. The Bertz CT molecular complexity index is 1040. The minimum atomic E-state index is -4.55. The van der Waals surface area contributed by atoms with Crippen LogP contribution in [0.25, 0.3) is 22.1 Å². The van der Waals surface area contributed by atoms with E-state index < -0.39 is 30.7 Å². The van der Waals surface area contributed by atoms with Crippen LogP contribution in [0.15, 0.2) is 52.5 Å². The molecule has 6 nitrogen and oxygen atoms in total. The maximum absolute atomic E-state index is 12.6. The lowest BCUT2D eigenvalue weighted by Gasteiger charge is -2.22. The van der Waals surface area contributed by atoms with Crippen LogP contribution in [0, 0.1) is 0 Å². The average Bonchev–Trinajstić information content (AvgIpc) is 2.95. The molecule has 2 aromatic heterocycles. The summed E-state index contributed by atoms with van der Waals surface area (Å²) in [6.45, 7) is 1.06. The number of hydrogen-bond donors (Lipinski definition) is 0. The van der Waals surface area contributed by atoms with Crippen LogP contribution in [0.2, 0.25) is 0 Å². The van der Waals surface area contributed by atoms with Gasteiger partial charge < -0.3 is 9.32 Å². The lowest BCUT2D eigenvalue weighted by atomic mass is 10.2. The Labute approximate surface area is 145 Å². The summed E-state index contributed by atoms with van der Waals surface area (Å²) in [6, 6.07) is 6.90. The number of carbonyl (C=O) groups excluding carboxylic acids is 1. The zero-order valence-electron chi connectivity index (χ0n) is 13.5. The Morgan fingerprint density at radius 2 is 2.08 bits per heavy atom. The average molecular weight is 365 g/mol. The Hall–Kier alpha value is -3.10. The second-order valence-corrected chi connectivity index (χ2v) is 5.63. The van der Waals surface area contributed by atoms with Gasteiger partial charge in [0.1, 0.15) is 24.2 Å². The van der Waals surface area contributed by atoms with Crippen molar-refractivity contribution in [1.29, 1.82) is 0 Å². The van der Waals surface area contributed by atoms with Crippen LogP contribution >= 0.6 is 0 Å². The fraction of sp³-hybridized carbons (Fsp3) is 0.235. The molecule has 2 heterocycles. The summed E-state index contributed by atoms with van der Waals surface area (Å²) < 4.78 is 44.2. The number of amides is 1. The molecule has 9 heteroatoms. The molecule has 1 amide bonds. The Balaban J connectivity index is 1.94. The van der Waals surface area contributed by atoms with Gasteiger partial charge >= 0.3 is 6.18 Å². The van der Waals surface area contributed by atoms with E-state index in [4.69, 9.17) is 4.42 Å². The third kappa shape index (κ3) is 3.46. The van der Waals surface area contributed by atoms with Gasteiger partial charge in [0.25, 0.3) is 5.56 Å². The second kappa shape index (κ2) is 6.66. The summed E-state index contributed by atoms with van der Waals surface area (Å²) in [6.07, 6.45) is -2.23.